The van der Waals surface area contributed by atoms with Crippen molar-refractivity contribution >= 4 is 22.8 Å². The molecule has 9 nitrogen and oxygen atoms in total. The highest BCUT2D eigenvalue weighted by Crippen LogP contribution is 2.25. The molecule has 3 aromatic rings. The molecule has 0 radical (unpaired) electrons. The lowest BCUT2D eigenvalue weighted by Gasteiger charge is -2.26. The summed E-state index contributed by atoms with van der Waals surface area (Å²) in [6.07, 6.45) is 1.50. The van der Waals surface area contributed by atoms with Crippen LogP contribution in [0.15, 0.2) is 24.4 Å². The zero-order chi connectivity index (χ0) is 17.2. The Labute approximate surface area is 143 Å². The van der Waals surface area contributed by atoms with E-state index >= 15 is 0 Å². The lowest BCUT2D eigenvalue weighted by atomic mass is 10.2. The van der Waals surface area contributed by atoms with Crippen LogP contribution in [0.25, 0.3) is 22.6 Å². The lowest BCUT2D eigenvalue weighted by Crippen LogP contribution is -2.35. The highest BCUT2D eigenvalue weighted by molar-refractivity contribution is 5.92. The first-order valence-electron chi connectivity index (χ1n) is 8.08. The van der Waals surface area contributed by atoms with E-state index in [1.807, 2.05) is 6.07 Å². The van der Waals surface area contributed by atoms with Gasteiger partial charge in [-0.1, -0.05) is 6.07 Å². The molecule has 1 saturated heterocycles. The maximum Gasteiger partial charge on any atom is 0.316 e. The van der Waals surface area contributed by atoms with Gasteiger partial charge in [-0.15, -0.1) is 0 Å². The molecule has 4 rings (SSSR count). The lowest BCUT2D eigenvalue weighted by molar-refractivity contribution is 0.0342. The van der Waals surface area contributed by atoms with Crippen molar-refractivity contribution in [2.45, 2.75) is 6.54 Å². The van der Waals surface area contributed by atoms with E-state index in [0.717, 1.165) is 43.9 Å². The van der Waals surface area contributed by atoms with Gasteiger partial charge in [0.15, 0.2) is 5.82 Å². The Morgan fingerprint density at radius 3 is 3.00 bits per heavy atom. The molecule has 0 unspecified atom stereocenters. The minimum Gasteiger partial charge on any atom is -0.379 e. The highest BCUT2D eigenvalue weighted by atomic mass is 16.5. The number of imidazole rings is 1. The fraction of sp³-hybridized carbons (Fsp3) is 0.312. The molecule has 130 valence electrons. The number of anilines is 1. The van der Waals surface area contributed by atoms with Crippen LogP contribution in [0.1, 0.15) is 5.56 Å². The Morgan fingerprint density at radius 1 is 1.36 bits per heavy atom. The molecule has 0 saturated carbocycles. The number of nitrogens with one attached hydrogen (secondary N) is 3. The summed E-state index contributed by atoms with van der Waals surface area (Å²) in [7, 11) is 0. The smallest absolute Gasteiger partial charge is 0.316 e. The van der Waals surface area contributed by atoms with Crippen molar-refractivity contribution in [3.05, 3.63) is 30.0 Å². The van der Waals surface area contributed by atoms with Crippen LogP contribution >= 0.6 is 0 Å². The molecule has 25 heavy (non-hydrogen) atoms. The molecule has 0 spiro atoms. The van der Waals surface area contributed by atoms with E-state index in [-0.39, 0.29) is 0 Å². The summed E-state index contributed by atoms with van der Waals surface area (Å²) in [5, 5.41) is 9.30. The number of benzene rings is 1. The molecule has 3 heterocycles. The number of nitrogens with zero attached hydrogens (tertiary/aromatic N) is 3. The van der Waals surface area contributed by atoms with Gasteiger partial charge < -0.3 is 20.8 Å². The van der Waals surface area contributed by atoms with E-state index in [4.69, 9.17) is 10.5 Å². The van der Waals surface area contributed by atoms with Crippen LogP contribution in [0.5, 0.6) is 0 Å². The molecule has 9 heteroatoms. The average molecular weight is 341 g/mol. The maximum absolute atomic E-state index is 11.1. The molecule has 2 amide bonds. The van der Waals surface area contributed by atoms with Gasteiger partial charge in [0.05, 0.1) is 36.1 Å². The fourth-order valence-electron chi connectivity index (χ4n) is 2.99. The van der Waals surface area contributed by atoms with Crippen LogP contribution in [-0.4, -0.2) is 57.4 Å². The largest absolute Gasteiger partial charge is 0.379 e. The van der Waals surface area contributed by atoms with E-state index in [2.05, 4.69) is 42.5 Å². The Hall–Kier alpha value is -2.91. The quantitative estimate of drug-likeness (QED) is 0.569. The molecule has 1 aliphatic heterocycles. The summed E-state index contributed by atoms with van der Waals surface area (Å²) in [6, 6.07) is 5.52. The Kier molecular flexibility index (Phi) is 4.08. The van der Waals surface area contributed by atoms with E-state index in [1.165, 1.54) is 11.8 Å². The SMILES string of the molecule is NC(=O)Nc1cn[nH]c1-c1nc2ccc(CN3CCOCC3)cc2[nH]1. The van der Waals surface area contributed by atoms with Crippen molar-refractivity contribution in [2.75, 3.05) is 31.6 Å². The number of nitrogens with two attached hydrogens (primary N) is 1. The monoisotopic (exact) mass is 341 g/mol. The standard InChI is InChI=1S/C16H19N7O2/c17-16(24)21-13-8-18-22-14(13)15-19-11-2-1-10(7-12(11)20-15)9-23-3-5-25-6-4-23/h1-2,7-8H,3-6,9H2,(H,18,22)(H,19,20)(H3,17,21,24). The van der Waals surface area contributed by atoms with Crippen molar-refractivity contribution in [1.82, 2.24) is 25.1 Å². The summed E-state index contributed by atoms with van der Waals surface area (Å²) < 4.78 is 5.38. The minimum absolute atomic E-state index is 0.486. The van der Waals surface area contributed by atoms with Crippen LogP contribution < -0.4 is 11.1 Å². The molecule has 0 aliphatic carbocycles. The normalized spacial score (nSPS) is 15.5. The Bertz CT molecular complexity index is 895. The predicted molar refractivity (Wildman–Crippen MR) is 93.0 cm³/mol. The number of H-pyrrole nitrogens is 2. The number of carbonyl (C=O) groups is 1. The molecule has 0 atom stereocenters. The topological polar surface area (TPSA) is 125 Å². The minimum atomic E-state index is -0.647. The number of rotatable bonds is 4. The van der Waals surface area contributed by atoms with Crippen molar-refractivity contribution in [2.24, 2.45) is 5.73 Å². The number of hydrogen-bond acceptors (Lipinski definition) is 5. The second kappa shape index (κ2) is 6.54. The van der Waals surface area contributed by atoms with Gasteiger partial charge in [0.2, 0.25) is 0 Å². The van der Waals surface area contributed by atoms with Crippen LogP contribution in [0.4, 0.5) is 10.5 Å². The highest BCUT2D eigenvalue weighted by Gasteiger charge is 2.15. The van der Waals surface area contributed by atoms with Crippen LogP contribution in [0.2, 0.25) is 0 Å². The Morgan fingerprint density at radius 2 is 2.20 bits per heavy atom. The molecule has 1 aromatic carbocycles. The first kappa shape index (κ1) is 15.6. The summed E-state index contributed by atoms with van der Waals surface area (Å²) in [6.45, 7) is 4.34. The first-order chi connectivity index (χ1) is 12.2. The molecular weight excluding hydrogens is 322 g/mol. The number of aromatic nitrogens is 4. The number of ether oxygens (including phenoxy) is 1. The molecule has 2 aromatic heterocycles. The molecule has 1 aliphatic rings. The third-order valence-corrected chi connectivity index (χ3v) is 4.19. The van der Waals surface area contributed by atoms with Gasteiger partial charge in [-0.3, -0.25) is 10.00 Å². The van der Waals surface area contributed by atoms with Gasteiger partial charge in [0.1, 0.15) is 5.69 Å². The number of primary amides is 1. The zero-order valence-corrected chi connectivity index (χ0v) is 13.6. The number of urea groups is 1. The average Bonchev–Trinajstić information content (AvgIpc) is 3.21. The number of hydrogen-bond donors (Lipinski definition) is 4. The van der Waals surface area contributed by atoms with Crippen LogP contribution in [0.3, 0.4) is 0 Å². The number of carbonyl (C=O) groups excluding carboxylic acids is 1. The van der Waals surface area contributed by atoms with Gasteiger partial charge in [0.25, 0.3) is 0 Å². The molecule has 5 N–H and O–H groups in total. The molecule has 0 bridgehead atoms. The van der Waals surface area contributed by atoms with Crippen LogP contribution in [0, 0.1) is 0 Å². The van der Waals surface area contributed by atoms with E-state index in [0.29, 0.717) is 17.2 Å². The number of amides is 2. The van der Waals surface area contributed by atoms with Gasteiger partial charge in [0, 0.05) is 19.6 Å². The maximum atomic E-state index is 11.1. The van der Waals surface area contributed by atoms with E-state index in [1.54, 1.807) is 0 Å². The molecule has 1 fully saturated rings. The third kappa shape index (κ3) is 3.32. The number of morpholine rings is 1. The van der Waals surface area contributed by atoms with E-state index < -0.39 is 6.03 Å². The zero-order valence-electron chi connectivity index (χ0n) is 13.6. The summed E-state index contributed by atoms with van der Waals surface area (Å²) in [5.74, 6) is 0.597. The predicted octanol–water partition coefficient (Wildman–Crippen LogP) is 1.28. The van der Waals surface area contributed by atoms with Gasteiger partial charge in [-0.2, -0.15) is 5.10 Å². The molecular formula is C16H19N7O2. The van der Waals surface area contributed by atoms with Crippen molar-refractivity contribution < 1.29 is 9.53 Å². The summed E-state index contributed by atoms with van der Waals surface area (Å²) in [4.78, 5) is 21.3. The van der Waals surface area contributed by atoms with Crippen LogP contribution in [-0.2, 0) is 11.3 Å². The second-order valence-electron chi connectivity index (χ2n) is 5.97. The van der Waals surface area contributed by atoms with Crippen molar-refractivity contribution in [3.63, 3.8) is 0 Å². The number of aromatic amines is 2. The summed E-state index contributed by atoms with van der Waals surface area (Å²) >= 11 is 0. The first-order valence-corrected chi connectivity index (χ1v) is 8.08. The van der Waals surface area contributed by atoms with Crippen molar-refractivity contribution in [1.29, 1.82) is 0 Å². The van der Waals surface area contributed by atoms with Gasteiger partial charge >= 0.3 is 6.03 Å². The van der Waals surface area contributed by atoms with Crippen molar-refractivity contribution in [3.8, 4) is 11.5 Å². The Balaban J connectivity index is 1.60. The number of fused-ring (bicyclic) bond motifs is 1. The van der Waals surface area contributed by atoms with Gasteiger partial charge in [-0.05, 0) is 17.7 Å². The van der Waals surface area contributed by atoms with Gasteiger partial charge in [-0.25, -0.2) is 9.78 Å². The third-order valence-electron chi connectivity index (χ3n) is 4.19. The fourth-order valence-corrected chi connectivity index (χ4v) is 2.99. The summed E-state index contributed by atoms with van der Waals surface area (Å²) in [5.41, 5.74) is 9.24. The second-order valence-corrected chi connectivity index (χ2v) is 5.97. The van der Waals surface area contributed by atoms with E-state index in [9.17, 15) is 4.79 Å².